The van der Waals surface area contributed by atoms with Crippen LogP contribution in [0.15, 0.2) is 37.8 Å². The fraction of sp³-hybridized carbons (Fsp3) is 0.214. The number of halogens is 3. The van der Waals surface area contributed by atoms with Gasteiger partial charge in [-0.2, -0.15) is 0 Å². The first kappa shape index (κ1) is 16.7. The number of aromatic nitrogens is 1. The van der Waals surface area contributed by atoms with Gasteiger partial charge in [0, 0.05) is 20.7 Å². The van der Waals surface area contributed by atoms with E-state index in [0.29, 0.717) is 11.5 Å². The van der Waals surface area contributed by atoms with Crippen molar-refractivity contribution in [1.82, 2.24) is 4.98 Å². The standard InChI is InChI=1S/C14H13Br3N2O2/c1-20-10-4-3-8(14(21-2)11(10)17)12(18)13-9(16)5-7(15)6-19-13/h3-6,12H,18H2,1-2H3. The molecule has 0 spiro atoms. The Morgan fingerprint density at radius 2 is 1.86 bits per heavy atom. The monoisotopic (exact) mass is 478 g/mol. The van der Waals surface area contributed by atoms with Crippen molar-refractivity contribution in [3.63, 3.8) is 0 Å². The molecule has 2 rings (SSSR count). The fourth-order valence-electron chi connectivity index (χ4n) is 1.96. The van der Waals surface area contributed by atoms with E-state index in [1.807, 2.05) is 18.2 Å². The van der Waals surface area contributed by atoms with Crippen molar-refractivity contribution < 1.29 is 9.47 Å². The first-order chi connectivity index (χ1) is 9.99. The molecule has 0 bridgehead atoms. The number of rotatable bonds is 4. The largest absolute Gasteiger partial charge is 0.495 e. The number of ether oxygens (including phenoxy) is 2. The van der Waals surface area contributed by atoms with Crippen LogP contribution in [0.2, 0.25) is 0 Å². The molecule has 112 valence electrons. The number of methoxy groups -OCH3 is 2. The van der Waals surface area contributed by atoms with Crippen molar-refractivity contribution in [2.45, 2.75) is 6.04 Å². The number of nitrogens with zero attached hydrogens (tertiary/aromatic N) is 1. The van der Waals surface area contributed by atoms with Crippen molar-refractivity contribution in [3.05, 3.63) is 49.1 Å². The molecule has 0 fully saturated rings. The molecule has 7 heteroatoms. The van der Waals surface area contributed by atoms with Gasteiger partial charge in [0.25, 0.3) is 0 Å². The van der Waals surface area contributed by atoms with Gasteiger partial charge in [-0.05, 0) is 66.0 Å². The number of nitrogens with two attached hydrogens (primary N) is 1. The van der Waals surface area contributed by atoms with Crippen LogP contribution in [0, 0.1) is 0 Å². The molecule has 0 aliphatic heterocycles. The maximum atomic E-state index is 6.35. The molecule has 2 aromatic rings. The molecule has 1 atom stereocenters. The average Bonchev–Trinajstić information content (AvgIpc) is 2.46. The minimum absolute atomic E-state index is 0.426. The lowest BCUT2D eigenvalue weighted by Crippen LogP contribution is -2.15. The second kappa shape index (κ2) is 7.09. The Morgan fingerprint density at radius 1 is 1.14 bits per heavy atom. The van der Waals surface area contributed by atoms with Crippen LogP contribution >= 0.6 is 47.8 Å². The molecule has 0 aliphatic rings. The minimum atomic E-state index is -0.426. The Labute approximate surface area is 148 Å². The third kappa shape index (κ3) is 3.41. The van der Waals surface area contributed by atoms with Crippen molar-refractivity contribution in [2.75, 3.05) is 14.2 Å². The molecule has 1 heterocycles. The molecule has 2 N–H and O–H groups in total. The normalized spacial score (nSPS) is 12.1. The predicted octanol–water partition coefficient (Wildman–Crippen LogP) is 4.43. The summed E-state index contributed by atoms with van der Waals surface area (Å²) in [6.45, 7) is 0. The quantitative estimate of drug-likeness (QED) is 0.703. The zero-order valence-electron chi connectivity index (χ0n) is 11.4. The van der Waals surface area contributed by atoms with E-state index >= 15 is 0 Å². The van der Waals surface area contributed by atoms with Gasteiger partial charge in [-0.1, -0.05) is 0 Å². The van der Waals surface area contributed by atoms with Crippen LogP contribution in [-0.2, 0) is 0 Å². The van der Waals surface area contributed by atoms with E-state index in [9.17, 15) is 0 Å². The van der Waals surface area contributed by atoms with Crippen LogP contribution in [0.5, 0.6) is 11.5 Å². The summed E-state index contributed by atoms with van der Waals surface area (Å²) in [7, 11) is 3.20. The lowest BCUT2D eigenvalue weighted by molar-refractivity contribution is 0.385. The fourth-order valence-corrected chi connectivity index (χ4v) is 3.88. The minimum Gasteiger partial charge on any atom is -0.495 e. The lowest BCUT2D eigenvalue weighted by atomic mass is 10.0. The van der Waals surface area contributed by atoms with Gasteiger partial charge in [-0.25, -0.2) is 0 Å². The highest BCUT2D eigenvalue weighted by Crippen LogP contribution is 2.41. The molecule has 0 amide bonds. The third-order valence-electron chi connectivity index (χ3n) is 2.98. The van der Waals surface area contributed by atoms with Gasteiger partial charge < -0.3 is 15.2 Å². The summed E-state index contributed by atoms with van der Waals surface area (Å²) in [6.07, 6.45) is 1.71. The molecule has 1 aromatic heterocycles. The predicted molar refractivity (Wildman–Crippen MR) is 92.9 cm³/mol. The number of hydrogen-bond acceptors (Lipinski definition) is 4. The highest BCUT2D eigenvalue weighted by Gasteiger charge is 2.21. The molecular weight excluding hydrogens is 468 g/mol. The summed E-state index contributed by atoms with van der Waals surface area (Å²) >= 11 is 10.3. The Bertz CT molecular complexity index is 665. The van der Waals surface area contributed by atoms with Crippen molar-refractivity contribution in [2.24, 2.45) is 5.73 Å². The number of pyridine rings is 1. The molecule has 21 heavy (non-hydrogen) atoms. The molecule has 1 unspecified atom stereocenters. The lowest BCUT2D eigenvalue weighted by Gasteiger charge is -2.19. The van der Waals surface area contributed by atoms with Crippen molar-refractivity contribution in [1.29, 1.82) is 0 Å². The Hall–Kier alpha value is -0.630. The molecular formula is C14H13Br3N2O2. The first-order valence-corrected chi connectivity index (χ1v) is 8.34. The zero-order valence-corrected chi connectivity index (χ0v) is 16.1. The smallest absolute Gasteiger partial charge is 0.141 e. The van der Waals surface area contributed by atoms with Gasteiger partial charge in [0.05, 0.1) is 26.0 Å². The molecule has 0 radical (unpaired) electrons. The first-order valence-electron chi connectivity index (χ1n) is 5.96. The van der Waals surface area contributed by atoms with Gasteiger partial charge in [-0.3, -0.25) is 4.98 Å². The summed E-state index contributed by atoms with van der Waals surface area (Å²) in [5.41, 5.74) is 7.90. The highest BCUT2D eigenvalue weighted by atomic mass is 79.9. The maximum absolute atomic E-state index is 6.35. The second-order valence-corrected chi connectivity index (χ2v) is 6.77. The van der Waals surface area contributed by atoms with Gasteiger partial charge in [0.1, 0.15) is 16.0 Å². The van der Waals surface area contributed by atoms with E-state index in [1.54, 1.807) is 20.4 Å². The summed E-state index contributed by atoms with van der Waals surface area (Å²) in [6, 6.07) is 5.20. The molecule has 1 aromatic carbocycles. The molecule has 0 aliphatic carbocycles. The van der Waals surface area contributed by atoms with E-state index in [4.69, 9.17) is 15.2 Å². The third-order valence-corrected chi connectivity index (χ3v) is 4.80. The van der Waals surface area contributed by atoms with E-state index < -0.39 is 6.04 Å². The van der Waals surface area contributed by atoms with Gasteiger partial charge >= 0.3 is 0 Å². The van der Waals surface area contributed by atoms with E-state index in [1.165, 1.54) is 0 Å². The second-order valence-electron chi connectivity index (χ2n) is 4.20. The van der Waals surface area contributed by atoms with Crippen molar-refractivity contribution in [3.8, 4) is 11.5 Å². The summed E-state index contributed by atoms with van der Waals surface area (Å²) in [5, 5.41) is 0. The van der Waals surface area contributed by atoms with Gasteiger partial charge in [0.15, 0.2) is 0 Å². The van der Waals surface area contributed by atoms with Crippen LogP contribution < -0.4 is 15.2 Å². The number of benzene rings is 1. The van der Waals surface area contributed by atoms with Crippen molar-refractivity contribution >= 4 is 47.8 Å². The van der Waals surface area contributed by atoms with Gasteiger partial charge in [0.2, 0.25) is 0 Å². The van der Waals surface area contributed by atoms with E-state index in [0.717, 1.165) is 24.7 Å². The highest BCUT2D eigenvalue weighted by molar-refractivity contribution is 9.11. The van der Waals surface area contributed by atoms with Crippen LogP contribution in [0.3, 0.4) is 0 Å². The van der Waals surface area contributed by atoms with Crippen LogP contribution in [0.4, 0.5) is 0 Å². The van der Waals surface area contributed by atoms with Crippen LogP contribution in [0.25, 0.3) is 0 Å². The summed E-state index contributed by atoms with van der Waals surface area (Å²) in [5.74, 6) is 1.32. The average molecular weight is 481 g/mol. The Morgan fingerprint density at radius 3 is 2.43 bits per heavy atom. The maximum Gasteiger partial charge on any atom is 0.141 e. The van der Waals surface area contributed by atoms with Gasteiger partial charge in [-0.15, -0.1) is 0 Å². The summed E-state index contributed by atoms with van der Waals surface area (Å²) < 4.78 is 13.2. The summed E-state index contributed by atoms with van der Waals surface area (Å²) in [4.78, 5) is 4.38. The Balaban J connectivity index is 2.52. The van der Waals surface area contributed by atoms with Crippen LogP contribution in [0.1, 0.15) is 17.3 Å². The molecule has 0 saturated heterocycles. The van der Waals surface area contributed by atoms with Crippen LogP contribution in [-0.4, -0.2) is 19.2 Å². The Kier molecular flexibility index (Phi) is 5.65. The van der Waals surface area contributed by atoms with E-state index in [-0.39, 0.29) is 0 Å². The topological polar surface area (TPSA) is 57.4 Å². The zero-order chi connectivity index (χ0) is 15.6. The SMILES string of the molecule is COc1ccc(C(N)c2ncc(Br)cc2Br)c(OC)c1Br. The van der Waals surface area contributed by atoms with E-state index in [2.05, 4.69) is 52.8 Å². The molecule has 0 saturated carbocycles. The number of hydrogen-bond donors (Lipinski definition) is 1. The molecule has 4 nitrogen and oxygen atoms in total.